The summed E-state index contributed by atoms with van der Waals surface area (Å²) in [7, 11) is 4.05. The summed E-state index contributed by atoms with van der Waals surface area (Å²) in [6, 6.07) is 18.8. The molecular formula is C19H23IN2OPd. The van der Waals surface area contributed by atoms with Gasteiger partial charge in [-0.05, 0) is 32.6 Å². The van der Waals surface area contributed by atoms with Crippen molar-refractivity contribution >= 4 is 31.1 Å². The van der Waals surface area contributed by atoms with Crippen molar-refractivity contribution in [3.05, 3.63) is 65.7 Å². The van der Waals surface area contributed by atoms with Crippen LogP contribution in [0.2, 0.25) is 0 Å². The zero-order valence-electron chi connectivity index (χ0n) is 14.2. The summed E-state index contributed by atoms with van der Waals surface area (Å²) in [6.45, 7) is 3.58. The third-order valence-electron chi connectivity index (χ3n) is 3.33. The first-order valence-electron chi connectivity index (χ1n) is 7.76. The van der Waals surface area contributed by atoms with Gasteiger partial charge in [0.25, 0.3) is 5.91 Å². The van der Waals surface area contributed by atoms with E-state index in [1.54, 1.807) is 0 Å². The van der Waals surface area contributed by atoms with Crippen molar-refractivity contribution in [1.82, 2.24) is 4.90 Å². The van der Waals surface area contributed by atoms with E-state index in [2.05, 4.69) is 33.5 Å². The molecule has 0 bridgehead atoms. The van der Waals surface area contributed by atoms with E-state index in [9.17, 15) is 4.79 Å². The molecule has 2 rings (SSSR count). The van der Waals surface area contributed by atoms with Crippen LogP contribution in [-0.2, 0) is 22.1 Å². The molecule has 0 saturated carbocycles. The standard InChI is InChI=1S/C19H23N2O.HI.Pd/c1-4-13-21(19(22)17-10-6-5-7-11-17)18-12-8-9-16(14-18)15-20(2)3;;/h5-12H,4,13,15H2,1-3H3;1H;/q-1;;+2/p-1. The Hall–Kier alpha value is -0.738. The van der Waals surface area contributed by atoms with E-state index in [1.165, 1.54) is 0 Å². The van der Waals surface area contributed by atoms with Crippen molar-refractivity contribution in [1.29, 1.82) is 0 Å². The maximum absolute atomic E-state index is 12.8. The molecule has 0 unspecified atom stereocenters. The number of carbonyl (C=O) groups excluding carboxylic acids is 1. The molecule has 24 heavy (non-hydrogen) atoms. The second kappa shape index (κ2) is 11.8. The molecule has 0 fully saturated rings. The fourth-order valence-corrected chi connectivity index (χ4v) is 2.39. The van der Waals surface area contributed by atoms with Gasteiger partial charge >= 0.3 is 35.1 Å². The van der Waals surface area contributed by atoms with Gasteiger partial charge in [-0.25, -0.2) is 0 Å². The van der Waals surface area contributed by atoms with Crippen LogP contribution in [0.1, 0.15) is 29.3 Å². The predicted octanol–water partition coefficient (Wildman–Crippen LogP) is 4.49. The van der Waals surface area contributed by atoms with Crippen molar-refractivity contribution in [2.24, 2.45) is 0 Å². The Morgan fingerprint density at radius 1 is 1.08 bits per heavy atom. The molecule has 0 aliphatic rings. The summed E-state index contributed by atoms with van der Waals surface area (Å²) in [6.07, 6.45) is 0.907. The van der Waals surface area contributed by atoms with Gasteiger partial charge in [0.1, 0.15) is 0 Å². The van der Waals surface area contributed by atoms with Crippen LogP contribution in [0.3, 0.4) is 0 Å². The molecular weight excluding hydrogens is 506 g/mol. The van der Waals surface area contributed by atoms with Gasteiger partial charge < -0.3 is 9.80 Å². The normalized spacial score (nSPS) is 10.1. The van der Waals surface area contributed by atoms with Gasteiger partial charge in [0.05, 0.1) is 0 Å². The molecule has 0 aliphatic carbocycles. The van der Waals surface area contributed by atoms with Crippen molar-refractivity contribution in [2.45, 2.75) is 19.9 Å². The van der Waals surface area contributed by atoms with Gasteiger partial charge in [-0.15, -0.1) is 11.6 Å². The van der Waals surface area contributed by atoms with Crippen LogP contribution in [0, 0.1) is 6.07 Å². The molecule has 0 heterocycles. The van der Waals surface area contributed by atoms with Crippen LogP contribution in [-0.4, -0.2) is 31.4 Å². The number of benzene rings is 2. The second-order valence-corrected chi connectivity index (χ2v) is 5.62. The number of hydrogen-bond donors (Lipinski definition) is 0. The van der Waals surface area contributed by atoms with E-state index in [1.807, 2.05) is 87.0 Å². The summed E-state index contributed by atoms with van der Waals surface area (Å²) in [5.41, 5.74) is 2.64. The van der Waals surface area contributed by atoms with Crippen LogP contribution in [0.5, 0.6) is 0 Å². The molecule has 0 radical (unpaired) electrons. The van der Waals surface area contributed by atoms with Gasteiger partial charge in [-0.1, -0.05) is 30.8 Å². The molecule has 1 amide bonds. The molecule has 3 nitrogen and oxygen atoms in total. The predicted molar refractivity (Wildman–Crippen MR) is 105 cm³/mol. The Kier molecular flexibility index (Phi) is 10.4. The minimum atomic E-state index is 0.0284. The average molecular weight is 529 g/mol. The van der Waals surface area contributed by atoms with Gasteiger partial charge in [-0.2, -0.15) is 18.2 Å². The summed E-state index contributed by atoms with van der Waals surface area (Å²) < 4.78 is 0. The number of carbonyl (C=O) groups is 1. The second-order valence-electron chi connectivity index (χ2n) is 5.62. The molecule has 2 aromatic carbocycles. The average Bonchev–Trinajstić information content (AvgIpc) is 2.61. The van der Waals surface area contributed by atoms with Gasteiger partial charge in [0.2, 0.25) is 0 Å². The van der Waals surface area contributed by atoms with Gasteiger partial charge in [-0.3, -0.25) is 4.79 Å². The molecule has 0 aromatic heterocycles. The Morgan fingerprint density at radius 3 is 2.33 bits per heavy atom. The van der Waals surface area contributed by atoms with E-state index in [4.69, 9.17) is 0 Å². The Bertz CT molecular complexity index is 620. The van der Waals surface area contributed by atoms with Crippen molar-refractivity contribution < 1.29 is 20.4 Å². The van der Waals surface area contributed by atoms with E-state index >= 15 is 0 Å². The summed E-state index contributed by atoms with van der Waals surface area (Å²) in [5.74, 6) is 0.0284. The topological polar surface area (TPSA) is 23.6 Å². The number of nitrogens with zero attached hydrogens (tertiary/aromatic N) is 2. The van der Waals surface area contributed by atoms with Gasteiger partial charge in [0, 0.05) is 18.7 Å². The number of rotatable bonds is 6. The summed E-state index contributed by atoms with van der Waals surface area (Å²) >= 11 is 4.72. The summed E-state index contributed by atoms with van der Waals surface area (Å²) in [4.78, 5) is 16.7. The molecule has 5 heteroatoms. The SMILES string of the molecule is CCCN(C(=O)c1ccccc1)c1[c-]c(CN(C)C)ccc1.[Pd+][I]. The Morgan fingerprint density at radius 2 is 1.75 bits per heavy atom. The first kappa shape index (κ1) is 21.3. The summed E-state index contributed by atoms with van der Waals surface area (Å²) in [5, 5.41) is 0. The van der Waals surface area contributed by atoms with Crippen LogP contribution < -0.4 is 4.90 Å². The first-order chi connectivity index (χ1) is 11.6. The van der Waals surface area contributed by atoms with E-state index in [0.29, 0.717) is 12.1 Å². The van der Waals surface area contributed by atoms with Crippen molar-refractivity contribution in [3.63, 3.8) is 0 Å². The van der Waals surface area contributed by atoms with Gasteiger partial charge in [0.15, 0.2) is 0 Å². The van der Waals surface area contributed by atoms with Crippen LogP contribution in [0.25, 0.3) is 0 Å². The third-order valence-corrected chi connectivity index (χ3v) is 3.33. The number of amides is 1. The third kappa shape index (κ3) is 6.64. The molecule has 0 N–H and O–H groups in total. The fourth-order valence-electron chi connectivity index (χ4n) is 2.39. The Balaban J connectivity index is 0.00000139. The molecule has 2 aromatic rings. The molecule has 0 spiro atoms. The monoisotopic (exact) mass is 528 g/mol. The van der Waals surface area contributed by atoms with Crippen molar-refractivity contribution in [2.75, 3.05) is 25.5 Å². The molecule has 0 aliphatic heterocycles. The van der Waals surface area contributed by atoms with E-state index in [0.717, 1.165) is 24.2 Å². The van der Waals surface area contributed by atoms with E-state index < -0.39 is 0 Å². The number of halogens is 1. The van der Waals surface area contributed by atoms with Crippen molar-refractivity contribution in [3.8, 4) is 0 Å². The minimum absolute atomic E-state index is 0.0284. The van der Waals surface area contributed by atoms with Crippen LogP contribution in [0.4, 0.5) is 5.69 Å². The van der Waals surface area contributed by atoms with E-state index in [-0.39, 0.29) is 5.91 Å². The molecule has 0 saturated heterocycles. The fraction of sp³-hybridized carbons (Fsp3) is 0.316. The number of anilines is 1. The quantitative estimate of drug-likeness (QED) is 0.314. The number of hydrogen-bond acceptors (Lipinski definition) is 2. The zero-order valence-corrected chi connectivity index (χ0v) is 17.9. The zero-order chi connectivity index (χ0) is 17.9. The Labute approximate surface area is 166 Å². The molecule has 0 atom stereocenters. The van der Waals surface area contributed by atoms with Crippen LogP contribution in [0.15, 0.2) is 48.5 Å². The first-order valence-corrected chi connectivity index (χ1v) is 12.4. The maximum atomic E-state index is 12.8. The van der Waals surface area contributed by atoms with Crippen LogP contribution >= 0.6 is 19.5 Å². The molecule has 132 valence electrons.